The van der Waals surface area contributed by atoms with Gasteiger partial charge in [-0.1, -0.05) is 19.0 Å². The molecule has 0 spiro atoms. The molecule has 17 heavy (non-hydrogen) atoms. The second-order valence-corrected chi connectivity index (χ2v) is 5.95. The molecule has 0 radical (unpaired) electrons. The van der Waals surface area contributed by atoms with E-state index in [4.69, 9.17) is 5.21 Å². The van der Waals surface area contributed by atoms with Gasteiger partial charge < -0.3 is 5.21 Å². The lowest BCUT2D eigenvalue weighted by atomic mass is 9.98. The summed E-state index contributed by atoms with van der Waals surface area (Å²) in [6.45, 7) is 7.37. The number of rotatable bonds is 3. The van der Waals surface area contributed by atoms with Gasteiger partial charge in [-0.15, -0.1) is 11.3 Å². The molecular weight excluding hydrogens is 232 g/mol. The second kappa shape index (κ2) is 5.65. The number of nitrogens with zero attached hydrogens (tertiary/aromatic N) is 2. The number of likely N-dealkylation sites (tertiary alicyclic amines) is 1. The fraction of sp³-hybridized carbons (Fsp3) is 0.615. The third-order valence-corrected chi connectivity index (χ3v) is 4.57. The molecular formula is C13H20N2OS. The summed E-state index contributed by atoms with van der Waals surface area (Å²) in [7, 11) is 0. The van der Waals surface area contributed by atoms with Crippen LogP contribution in [0.3, 0.4) is 0 Å². The molecule has 1 N–H and O–H groups in total. The van der Waals surface area contributed by atoms with Gasteiger partial charge in [0.05, 0.1) is 5.71 Å². The summed E-state index contributed by atoms with van der Waals surface area (Å²) in [5.74, 6) is 0.374. The number of aryl methyl sites for hydroxylation is 1. The van der Waals surface area contributed by atoms with Gasteiger partial charge in [-0.3, -0.25) is 4.90 Å². The highest BCUT2D eigenvalue weighted by atomic mass is 32.1. The number of hydrogen-bond donors (Lipinski definition) is 1. The molecule has 1 atom stereocenters. The Bertz CT molecular complexity index is 400. The molecule has 0 bridgehead atoms. The molecule has 1 fully saturated rings. The van der Waals surface area contributed by atoms with Gasteiger partial charge in [0.25, 0.3) is 0 Å². The molecule has 0 aromatic carbocycles. The van der Waals surface area contributed by atoms with E-state index in [0.29, 0.717) is 5.92 Å². The Labute approximate surface area is 107 Å². The molecule has 1 aliphatic rings. The lowest BCUT2D eigenvalue weighted by molar-refractivity contribution is 0.230. The van der Waals surface area contributed by atoms with E-state index >= 15 is 0 Å². The van der Waals surface area contributed by atoms with E-state index in [0.717, 1.165) is 38.2 Å². The van der Waals surface area contributed by atoms with Crippen molar-refractivity contribution in [3.8, 4) is 0 Å². The van der Waals surface area contributed by atoms with Gasteiger partial charge in [0, 0.05) is 41.7 Å². The highest BCUT2D eigenvalue weighted by Gasteiger charge is 2.22. The predicted molar refractivity (Wildman–Crippen MR) is 72.0 cm³/mol. The van der Waals surface area contributed by atoms with Gasteiger partial charge in [-0.05, 0) is 18.6 Å². The molecule has 1 aromatic heterocycles. The first-order chi connectivity index (χ1) is 8.22. The average molecular weight is 252 g/mol. The van der Waals surface area contributed by atoms with E-state index in [1.807, 2.05) is 11.3 Å². The molecule has 0 amide bonds. The summed E-state index contributed by atoms with van der Waals surface area (Å²) in [5, 5.41) is 12.2. The van der Waals surface area contributed by atoms with E-state index in [9.17, 15) is 0 Å². The number of oxime groups is 1. The first-order valence-electron chi connectivity index (χ1n) is 6.23. The number of hydrogen-bond acceptors (Lipinski definition) is 4. The molecule has 1 saturated heterocycles. The third-order valence-electron chi connectivity index (χ3n) is 3.36. The molecule has 4 heteroatoms. The Kier molecular flexibility index (Phi) is 4.18. The zero-order chi connectivity index (χ0) is 12.3. The van der Waals surface area contributed by atoms with Crippen LogP contribution in [0, 0.1) is 5.92 Å². The average Bonchev–Trinajstić information content (AvgIpc) is 2.77. The van der Waals surface area contributed by atoms with Crippen molar-refractivity contribution < 1.29 is 5.21 Å². The van der Waals surface area contributed by atoms with E-state index in [1.165, 1.54) is 9.75 Å². The van der Waals surface area contributed by atoms with Crippen LogP contribution in [-0.2, 0) is 13.0 Å². The van der Waals surface area contributed by atoms with Crippen molar-refractivity contribution in [2.45, 2.75) is 33.2 Å². The lowest BCUT2D eigenvalue weighted by Crippen LogP contribution is -2.39. The van der Waals surface area contributed by atoms with Crippen LogP contribution in [0.1, 0.15) is 30.0 Å². The van der Waals surface area contributed by atoms with Gasteiger partial charge in [0.1, 0.15) is 0 Å². The minimum atomic E-state index is 0.374. The van der Waals surface area contributed by atoms with Crippen molar-refractivity contribution in [3.05, 3.63) is 21.9 Å². The maximum atomic E-state index is 8.84. The Balaban J connectivity index is 1.92. The molecule has 1 unspecified atom stereocenters. The van der Waals surface area contributed by atoms with Crippen LogP contribution in [0.5, 0.6) is 0 Å². The Morgan fingerprint density at radius 1 is 1.47 bits per heavy atom. The number of thiophene rings is 1. The zero-order valence-corrected chi connectivity index (χ0v) is 11.3. The van der Waals surface area contributed by atoms with Crippen molar-refractivity contribution in [2.24, 2.45) is 11.1 Å². The van der Waals surface area contributed by atoms with Gasteiger partial charge in [-0.2, -0.15) is 0 Å². The first kappa shape index (κ1) is 12.6. The van der Waals surface area contributed by atoms with Crippen molar-refractivity contribution >= 4 is 17.0 Å². The number of piperidine rings is 1. The highest BCUT2D eigenvalue weighted by molar-refractivity contribution is 7.11. The van der Waals surface area contributed by atoms with Gasteiger partial charge in [-0.25, -0.2) is 0 Å². The summed E-state index contributed by atoms with van der Waals surface area (Å²) >= 11 is 1.91. The molecule has 3 nitrogen and oxygen atoms in total. The molecule has 2 rings (SSSR count). The van der Waals surface area contributed by atoms with Crippen LogP contribution < -0.4 is 0 Å². The smallest absolute Gasteiger partial charge is 0.0624 e. The molecule has 0 saturated carbocycles. The third kappa shape index (κ3) is 3.07. The largest absolute Gasteiger partial charge is 0.411 e. The van der Waals surface area contributed by atoms with Crippen LogP contribution in [-0.4, -0.2) is 28.9 Å². The van der Waals surface area contributed by atoms with E-state index in [-0.39, 0.29) is 0 Å². The van der Waals surface area contributed by atoms with Gasteiger partial charge in [0.2, 0.25) is 0 Å². The van der Waals surface area contributed by atoms with E-state index in [2.05, 4.69) is 36.0 Å². The van der Waals surface area contributed by atoms with Crippen molar-refractivity contribution in [3.63, 3.8) is 0 Å². The standard InChI is InChI=1S/C13H20N2OS/c1-3-11-4-5-12(17-11)9-15-7-6-13(14-16)10(2)8-15/h4-5,10,16H,3,6-9H2,1-2H3/b14-13-. The normalized spacial score (nSPS) is 24.4. The summed E-state index contributed by atoms with van der Waals surface area (Å²) in [4.78, 5) is 5.35. The van der Waals surface area contributed by atoms with Crippen LogP contribution >= 0.6 is 11.3 Å². The topological polar surface area (TPSA) is 35.8 Å². The fourth-order valence-corrected chi connectivity index (χ4v) is 3.31. The fourth-order valence-electron chi connectivity index (χ4n) is 2.31. The molecule has 0 aliphatic carbocycles. The van der Waals surface area contributed by atoms with Crippen LogP contribution in [0.15, 0.2) is 17.3 Å². The van der Waals surface area contributed by atoms with Gasteiger partial charge in [0.15, 0.2) is 0 Å². The minimum Gasteiger partial charge on any atom is -0.411 e. The first-order valence-corrected chi connectivity index (χ1v) is 7.05. The summed E-state index contributed by atoms with van der Waals surface area (Å²) in [5.41, 5.74) is 0.946. The zero-order valence-electron chi connectivity index (χ0n) is 10.5. The lowest BCUT2D eigenvalue weighted by Gasteiger charge is -2.30. The second-order valence-electron chi connectivity index (χ2n) is 4.70. The Morgan fingerprint density at radius 3 is 2.82 bits per heavy atom. The monoisotopic (exact) mass is 252 g/mol. The Hall–Kier alpha value is -0.870. The van der Waals surface area contributed by atoms with Gasteiger partial charge >= 0.3 is 0 Å². The minimum absolute atomic E-state index is 0.374. The Morgan fingerprint density at radius 2 is 2.24 bits per heavy atom. The van der Waals surface area contributed by atoms with Crippen LogP contribution in [0.4, 0.5) is 0 Å². The molecule has 1 aliphatic heterocycles. The maximum Gasteiger partial charge on any atom is 0.0624 e. The van der Waals surface area contributed by atoms with Crippen molar-refractivity contribution in [1.29, 1.82) is 0 Å². The maximum absolute atomic E-state index is 8.84. The molecule has 1 aromatic rings. The summed E-state index contributed by atoms with van der Waals surface area (Å²) in [6, 6.07) is 4.47. The SMILES string of the molecule is CCc1ccc(CN2CC/C(=N/O)C(C)C2)s1. The van der Waals surface area contributed by atoms with Crippen molar-refractivity contribution in [2.75, 3.05) is 13.1 Å². The van der Waals surface area contributed by atoms with Crippen LogP contribution in [0.25, 0.3) is 0 Å². The predicted octanol–water partition coefficient (Wildman–Crippen LogP) is 2.98. The van der Waals surface area contributed by atoms with Crippen LogP contribution in [0.2, 0.25) is 0 Å². The van der Waals surface area contributed by atoms with E-state index < -0.39 is 0 Å². The van der Waals surface area contributed by atoms with Crippen molar-refractivity contribution in [1.82, 2.24) is 4.90 Å². The molecule has 2 heterocycles. The summed E-state index contributed by atoms with van der Waals surface area (Å²) in [6.07, 6.45) is 2.02. The summed E-state index contributed by atoms with van der Waals surface area (Å²) < 4.78 is 0. The van der Waals surface area contributed by atoms with E-state index in [1.54, 1.807) is 0 Å². The quantitative estimate of drug-likeness (QED) is 0.663. The highest BCUT2D eigenvalue weighted by Crippen LogP contribution is 2.21. The molecule has 94 valence electrons.